The minimum atomic E-state index is -0.153. The van der Waals surface area contributed by atoms with Crippen LogP contribution in [0.4, 0.5) is 0 Å². The van der Waals surface area contributed by atoms with Gasteiger partial charge in [-0.05, 0) is 98.3 Å². The number of hydrogen-bond acceptors (Lipinski definition) is 3. The van der Waals surface area contributed by atoms with Crippen LogP contribution in [0.25, 0.3) is 0 Å². The Balaban J connectivity index is 1.23. The zero-order valence-electron chi connectivity index (χ0n) is 23.2. The van der Waals surface area contributed by atoms with Gasteiger partial charge in [-0.15, -0.1) is 0 Å². The number of benzene rings is 2. The first-order valence-electron chi connectivity index (χ1n) is 14.5. The average Bonchev–Trinajstić information content (AvgIpc) is 3.52. The van der Waals surface area contributed by atoms with Crippen LogP contribution in [-0.2, 0) is 6.42 Å². The maximum atomic E-state index is 13.6. The number of fused-ring (bicyclic) bond motifs is 1. The van der Waals surface area contributed by atoms with Crippen LogP contribution in [0, 0.1) is 18.3 Å². The summed E-state index contributed by atoms with van der Waals surface area (Å²) in [6.07, 6.45) is 7.74. The van der Waals surface area contributed by atoms with Crippen molar-refractivity contribution in [3.05, 3.63) is 69.2 Å². The highest BCUT2D eigenvalue weighted by Crippen LogP contribution is 2.41. The molecule has 2 aromatic carbocycles. The fraction of sp³-hybridized carbons (Fsp3) is 0.562. The van der Waals surface area contributed by atoms with Crippen LogP contribution < -0.4 is 5.32 Å². The van der Waals surface area contributed by atoms with Crippen molar-refractivity contribution in [3.8, 4) is 0 Å². The van der Waals surface area contributed by atoms with E-state index in [0.717, 1.165) is 68.0 Å². The van der Waals surface area contributed by atoms with Crippen molar-refractivity contribution in [3.63, 3.8) is 0 Å². The van der Waals surface area contributed by atoms with E-state index in [1.54, 1.807) is 6.07 Å². The molecule has 0 bridgehead atoms. The van der Waals surface area contributed by atoms with Crippen molar-refractivity contribution in [2.24, 2.45) is 11.3 Å². The molecule has 0 aromatic heterocycles. The van der Waals surface area contributed by atoms with Crippen molar-refractivity contribution in [2.45, 2.75) is 71.8 Å². The predicted molar refractivity (Wildman–Crippen MR) is 154 cm³/mol. The lowest BCUT2D eigenvalue weighted by Crippen LogP contribution is -2.43. The highest BCUT2D eigenvalue weighted by atomic mass is 35.5. The van der Waals surface area contributed by atoms with Crippen molar-refractivity contribution >= 4 is 23.4 Å². The molecule has 1 unspecified atom stereocenters. The first-order chi connectivity index (χ1) is 18.3. The van der Waals surface area contributed by atoms with E-state index >= 15 is 0 Å². The highest BCUT2D eigenvalue weighted by molar-refractivity contribution is 6.34. The molecule has 2 saturated heterocycles. The Morgan fingerprint density at radius 1 is 1.08 bits per heavy atom. The first-order valence-corrected chi connectivity index (χ1v) is 14.9. The molecule has 5 nitrogen and oxygen atoms in total. The second-order valence-corrected chi connectivity index (χ2v) is 12.3. The van der Waals surface area contributed by atoms with Gasteiger partial charge in [-0.2, -0.15) is 0 Å². The van der Waals surface area contributed by atoms with Crippen molar-refractivity contribution in [1.82, 2.24) is 15.1 Å². The Kier molecular flexibility index (Phi) is 8.16. The molecule has 5 rings (SSSR count). The molecule has 1 spiro atoms. The summed E-state index contributed by atoms with van der Waals surface area (Å²) in [4.78, 5) is 31.4. The van der Waals surface area contributed by atoms with Crippen molar-refractivity contribution in [1.29, 1.82) is 0 Å². The Hall–Kier alpha value is -2.37. The lowest BCUT2D eigenvalue weighted by atomic mass is 9.77. The van der Waals surface area contributed by atoms with E-state index < -0.39 is 0 Å². The van der Waals surface area contributed by atoms with Gasteiger partial charge in [0.2, 0.25) is 0 Å². The third-order valence-corrected chi connectivity index (χ3v) is 9.85. The number of amides is 2. The second-order valence-electron chi connectivity index (χ2n) is 11.9. The monoisotopic (exact) mass is 535 g/mol. The van der Waals surface area contributed by atoms with Crippen molar-refractivity contribution < 1.29 is 9.59 Å². The molecule has 0 saturated carbocycles. The fourth-order valence-corrected chi connectivity index (χ4v) is 7.16. The molecule has 2 aliphatic heterocycles. The molecule has 2 fully saturated rings. The molecule has 2 amide bonds. The lowest BCUT2D eigenvalue weighted by Gasteiger charge is -2.40. The van der Waals surface area contributed by atoms with Crippen LogP contribution in [0.2, 0.25) is 5.02 Å². The smallest absolute Gasteiger partial charge is 0.253 e. The number of aryl methyl sites for hydroxylation is 2. The third kappa shape index (κ3) is 5.51. The van der Waals surface area contributed by atoms with E-state index in [-0.39, 0.29) is 23.3 Å². The number of carbonyl (C=O) groups excluding carboxylic acids is 2. The van der Waals surface area contributed by atoms with Gasteiger partial charge in [-0.25, -0.2) is 0 Å². The summed E-state index contributed by atoms with van der Waals surface area (Å²) >= 11 is 6.34. The summed E-state index contributed by atoms with van der Waals surface area (Å²) in [5.41, 5.74) is 4.69. The largest absolute Gasteiger partial charge is 0.345 e. The van der Waals surface area contributed by atoms with E-state index in [1.807, 2.05) is 31.2 Å². The number of nitrogens with zero attached hydrogens (tertiary/aromatic N) is 2. The highest BCUT2D eigenvalue weighted by Gasteiger charge is 2.42. The van der Waals surface area contributed by atoms with E-state index in [2.05, 4.69) is 35.0 Å². The molecule has 1 N–H and O–H groups in total. The summed E-state index contributed by atoms with van der Waals surface area (Å²) in [6, 6.07) is 11.5. The molecule has 0 radical (unpaired) electrons. The topological polar surface area (TPSA) is 52.6 Å². The minimum Gasteiger partial charge on any atom is -0.345 e. The summed E-state index contributed by atoms with van der Waals surface area (Å²) in [7, 11) is 0. The number of likely N-dealkylation sites (tertiary alicyclic amines) is 2. The van der Waals surface area contributed by atoms with Gasteiger partial charge >= 0.3 is 0 Å². The molecule has 2 heterocycles. The summed E-state index contributed by atoms with van der Waals surface area (Å²) < 4.78 is 0. The first kappa shape index (κ1) is 27.2. The van der Waals surface area contributed by atoms with Crippen LogP contribution in [0.1, 0.15) is 95.8 Å². The zero-order chi connectivity index (χ0) is 26.9. The Morgan fingerprint density at radius 3 is 2.53 bits per heavy atom. The Bertz CT molecular complexity index is 1160. The lowest BCUT2D eigenvalue weighted by molar-refractivity contribution is 0.0701. The number of halogens is 1. The fourth-order valence-electron chi connectivity index (χ4n) is 6.86. The molecule has 1 atom stereocenters. The van der Waals surface area contributed by atoms with Crippen LogP contribution in [-0.4, -0.2) is 54.3 Å². The molecule has 6 heteroatoms. The number of piperidine rings is 1. The van der Waals surface area contributed by atoms with E-state index in [0.29, 0.717) is 10.6 Å². The van der Waals surface area contributed by atoms with Crippen LogP contribution in [0.5, 0.6) is 0 Å². The van der Waals surface area contributed by atoms with Gasteiger partial charge in [0, 0.05) is 25.2 Å². The molecule has 2 aromatic rings. The van der Waals surface area contributed by atoms with Crippen LogP contribution in [0.15, 0.2) is 36.4 Å². The van der Waals surface area contributed by atoms with Gasteiger partial charge in [-0.3, -0.25) is 9.59 Å². The zero-order valence-corrected chi connectivity index (χ0v) is 23.9. The van der Waals surface area contributed by atoms with Gasteiger partial charge in [0.15, 0.2) is 0 Å². The van der Waals surface area contributed by atoms with E-state index in [4.69, 9.17) is 11.6 Å². The quantitative estimate of drug-likeness (QED) is 0.444. The molecular weight excluding hydrogens is 494 g/mol. The molecule has 204 valence electrons. The molecule has 38 heavy (non-hydrogen) atoms. The maximum absolute atomic E-state index is 13.6. The van der Waals surface area contributed by atoms with Gasteiger partial charge in [-0.1, -0.05) is 56.5 Å². The predicted octanol–water partition coefficient (Wildman–Crippen LogP) is 6.43. The normalized spacial score (nSPS) is 20.8. The third-order valence-electron chi connectivity index (χ3n) is 9.54. The molecule has 1 aliphatic carbocycles. The van der Waals surface area contributed by atoms with Crippen molar-refractivity contribution in [2.75, 3.05) is 32.7 Å². The number of hydrogen-bond donors (Lipinski definition) is 1. The van der Waals surface area contributed by atoms with Crippen LogP contribution in [0.3, 0.4) is 0 Å². The summed E-state index contributed by atoms with van der Waals surface area (Å²) in [5, 5.41) is 3.65. The number of carbonyl (C=O) groups is 2. The Morgan fingerprint density at radius 2 is 1.82 bits per heavy atom. The average molecular weight is 536 g/mol. The molecule has 3 aliphatic rings. The van der Waals surface area contributed by atoms with Gasteiger partial charge in [0.05, 0.1) is 16.6 Å². The van der Waals surface area contributed by atoms with Gasteiger partial charge in [0.1, 0.15) is 0 Å². The molecular formula is C32H42ClN3O2. The van der Waals surface area contributed by atoms with Crippen LogP contribution >= 0.6 is 11.6 Å². The maximum Gasteiger partial charge on any atom is 0.253 e. The van der Waals surface area contributed by atoms with E-state index in [9.17, 15) is 9.59 Å². The minimum absolute atomic E-state index is 0.106. The SMILES string of the molecule is CCC(CC)CN1CCC2(CC1)CCN(C(=O)c1ccc3c(c1)C(NC(=O)c1c(C)cccc1Cl)CC3)C2. The number of nitrogens with one attached hydrogen (secondary N) is 1. The summed E-state index contributed by atoms with van der Waals surface area (Å²) in [5.74, 6) is 0.774. The second kappa shape index (κ2) is 11.4. The number of rotatable bonds is 7. The standard InChI is InChI=1S/C32H42ClN3O2/c1-4-23(5-2)20-35-16-13-32(14-17-35)15-18-36(21-32)31(38)25-10-9-24-11-12-28(26(24)19-25)34-30(37)29-22(3)7-6-8-27(29)33/h6-10,19,23,28H,4-5,11-18,20-21H2,1-3H3,(H,34,37). The van der Waals surface area contributed by atoms with Gasteiger partial charge in [0.25, 0.3) is 11.8 Å². The Labute approximate surface area is 232 Å². The van der Waals surface area contributed by atoms with Gasteiger partial charge < -0.3 is 15.1 Å². The van der Waals surface area contributed by atoms with E-state index in [1.165, 1.54) is 37.8 Å². The summed E-state index contributed by atoms with van der Waals surface area (Å²) in [6.45, 7) is 11.7.